The number of halogens is 1. The number of alkyl halides is 1. The van der Waals surface area contributed by atoms with Crippen molar-refractivity contribution in [1.82, 2.24) is 0 Å². The number of hydrogen-bond acceptors (Lipinski definition) is 2. The zero-order valence-electron chi connectivity index (χ0n) is 7.43. The Hall–Kier alpha value is 0.990. The van der Waals surface area contributed by atoms with E-state index in [2.05, 4.69) is 23.5 Å². The lowest BCUT2D eigenvalue weighted by atomic mass is 10.2. The summed E-state index contributed by atoms with van der Waals surface area (Å²) in [5.74, 6) is 3.60. The lowest BCUT2D eigenvalue weighted by molar-refractivity contribution is 0.698. The van der Waals surface area contributed by atoms with Gasteiger partial charge in [-0.3, -0.25) is 0 Å². The van der Waals surface area contributed by atoms with Crippen molar-refractivity contribution in [1.29, 1.82) is 0 Å². The Bertz CT molecular complexity index is 103. The summed E-state index contributed by atoms with van der Waals surface area (Å²) in [6.07, 6.45) is 6.70. The molecule has 1 fully saturated rings. The molecule has 0 radical (unpaired) electrons. The van der Waals surface area contributed by atoms with Crippen LogP contribution in [0.25, 0.3) is 0 Å². The minimum absolute atomic E-state index is 0.838. The molecule has 1 heterocycles. The lowest BCUT2D eigenvalue weighted by Gasteiger charge is -2.20. The normalized spacial score (nSPS) is 19.8. The predicted octanol–water partition coefficient (Wildman–Crippen LogP) is 3.98. The van der Waals surface area contributed by atoms with Gasteiger partial charge in [-0.05, 0) is 30.8 Å². The molecule has 0 atom stereocenters. The van der Waals surface area contributed by atoms with Crippen LogP contribution in [0.3, 0.4) is 0 Å². The van der Waals surface area contributed by atoms with Crippen LogP contribution in [0.15, 0.2) is 0 Å². The van der Waals surface area contributed by atoms with Gasteiger partial charge in [0.15, 0.2) is 0 Å². The van der Waals surface area contributed by atoms with Gasteiger partial charge in [0.05, 0.1) is 4.58 Å². The van der Waals surface area contributed by atoms with Gasteiger partial charge >= 0.3 is 0 Å². The second kappa shape index (κ2) is 7.40. The first-order valence-corrected chi connectivity index (χ1v) is 7.36. The Morgan fingerprint density at radius 3 is 2.50 bits per heavy atom. The highest BCUT2D eigenvalue weighted by Gasteiger charge is 2.13. The molecule has 0 aromatic rings. The van der Waals surface area contributed by atoms with E-state index in [1.54, 1.807) is 0 Å². The van der Waals surface area contributed by atoms with Crippen molar-refractivity contribution in [3.63, 3.8) is 0 Å². The average molecular weight is 225 g/mol. The standard InChI is InChI=1S/C9H17ClS2/c10-6-3-1-2-5-9-11-7-4-8-12-9/h9H,1-8H2. The fourth-order valence-corrected chi connectivity index (χ4v) is 4.43. The summed E-state index contributed by atoms with van der Waals surface area (Å²) in [4.78, 5) is 0. The second-order valence-electron chi connectivity index (χ2n) is 3.06. The topological polar surface area (TPSA) is 0 Å². The van der Waals surface area contributed by atoms with Crippen LogP contribution in [0.4, 0.5) is 0 Å². The third-order valence-electron chi connectivity index (χ3n) is 1.97. The third kappa shape index (κ3) is 4.88. The minimum atomic E-state index is 0.838. The molecule has 1 aliphatic heterocycles. The van der Waals surface area contributed by atoms with E-state index >= 15 is 0 Å². The molecule has 1 saturated heterocycles. The Labute approximate surface area is 89.2 Å². The zero-order valence-corrected chi connectivity index (χ0v) is 9.82. The SMILES string of the molecule is ClCCCCCC1SCCCS1. The molecule has 0 unspecified atom stereocenters. The summed E-state index contributed by atoms with van der Waals surface area (Å²) in [5.41, 5.74) is 0. The van der Waals surface area contributed by atoms with Gasteiger partial charge in [-0.25, -0.2) is 0 Å². The first-order chi connectivity index (χ1) is 5.93. The number of unbranched alkanes of at least 4 members (excludes halogenated alkanes) is 2. The summed E-state index contributed by atoms with van der Waals surface area (Å²) < 4.78 is 0.897. The molecule has 0 aromatic heterocycles. The Kier molecular flexibility index (Phi) is 6.82. The largest absolute Gasteiger partial charge is 0.148 e. The van der Waals surface area contributed by atoms with E-state index in [-0.39, 0.29) is 0 Å². The molecule has 12 heavy (non-hydrogen) atoms. The molecule has 72 valence electrons. The first kappa shape index (κ1) is 11.1. The van der Waals surface area contributed by atoms with E-state index in [4.69, 9.17) is 11.6 Å². The highest BCUT2D eigenvalue weighted by Crippen LogP contribution is 2.33. The van der Waals surface area contributed by atoms with Crippen LogP contribution in [0.1, 0.15) is 32.1 Å². The molecule has 0 spiro atoms. The van der Waals surface area contributed by atoms with E-state index in [1.165, 1.54) is 43.6 Å². The van der Waals surface area contributed by atoms with Crippen LogP contribution in [-0.2, 0) is 0 Å². The van der Waals surface area contributed by atoms with Gasteiger partial charge < -0.3 is 0 Å². The van der Waals surface area contributed by atoms with Gasteiger partial charge in [0.1, 0.15) is 0 Å². The highest BCUT2D eigenvalue weighted by atomic mass is 35.5. The lowest BCUT2D eigenvalue weighted by Crippen LogP contribution is -2.06. The monoisotopic (exact) mass is 224 g/mol. The van der Waals surface area contributed by atoms with E-state index in [9.17, 15) is 0 Å². The van der Waals surface area contributed by atoms with Crippen molar-refractivity contribution in [2.24, 2.45) is 0 Å². The molecule has 1 aliphatic rings. The zero-order chi connectivity index (χ0) is 8.65. The maximum atomic E-state index is 5.61. The van der Waals surface area contributed by atoms with Gasteiger partial charge in [-0.1, -0.05) is 12.8 Å². The Morgan fingerprint density at radius 2 is 1.83 bits per heavy atom. The first-order valence-electron chi connectivity index (χ1n) is 4.72. The third-order valence-corrected chi connectivity index (χ3v) is 5.32. The van der Waals surface area contributed by atoms with Gasteiger partial charge in [0.2, 0.25) is 0 Å². The summed E-state index contributed by atoms with van der Waals surface area (Å²) in [5, 5.41) is 0. The van der Waals surface area contributed by atoms with Crippen molar-refractivity contribution >= 4 is 35.1 Å². The van der Waals surface area contributed by atoms with Crippen molar-refractivity contribution in [3.05, 3.63) is 0 Å². The van der Waals surface area contributed by atoms with E-state index in [0.29, 0.717) is 0 Å². The maximum Gasteiger partial charge on any atom is 0.0502 e. The van der Waals surface area contributed by atoms with Gasteiger partial charge in [-0.15, -0.1) is 35.1 Å². The van der Waals surface area contributed by atoms with E-state index in [1.807, 2.05) is 0 Å². The summed E-state index contributed by atoms with van der Waals surface area (Å²) in [7, 11) is 0. The fourth-order valence-electron chi connectivity index (χ4n) is 1.29. The molecule has 0 bridgehead atoms. The second-order valence-corrected chi connectivity index (χ2v) is 6.36. The smallest absolute Gasteiger partial charge is 0.0502 e. The molecule has 0 nitrogen and oxygen atoms in total. The Morgan fingerprint density at radius 1 is 1.08 bits per heavy atom. The molecule has 0 amide bonds. The van der Waals surface area contributed by atoms with Crippen LogP contribution >= 0.6 is 35.1 Å². The molecule has 0 saturated carbocycles. The highest BCUT2D eigenvalue weighted by molar-refractivity contribution is 8.17. The number of hydrogen-bond donors (Lipinski definition) is 0. The van der Waals surface area contributed by atoms with Crippen LogP contribution in [0.5, 0.6) is 0 Å². The summed E-state index contributed by atoms with van der Waals surface area (Å²) in [6.45, 7) is 0. The molecular formula is C9H17ClS2. The van der Waals surface area contributed by atoms with E-state index < -0.39 is 0 Å². The predicted molar refractivity (Wildman–Crippen MR) is 62.5 cm³/mol. The van der Waals surface area contributed by atoms with Crippen LogP contribution in [0.2, 0.25) is 0 Å². The van der Waals surface area contributed by atoms with Crippen LogP contribution in [-0.4, -0.2) is 22.0 Å². The van der Waals surface area contributed by atoms with Crippen molar-refractivity contribution < 1.29 is 0 Å². The summed E-state index contributed by atoms with van der Waals surface area (Å²) in [6, 6.07) is 0. The van der Waals surface area contributed by atoms with Gasteiger partial charge in [0.25, 0.3) is 0 Å². The summed E-state index contributed by atoms with van der Waals surface area (Å²) >= 11 is 9.92. The molecule has 0 N–H and O–H groups in total. The van der Waals surface area contributed by atoms with E-state index in [0.717, 1.165) is 10.5 Å². The van der Waals surface area contributed by atoms with Crippen molar-refractivity contribution in [2.45, 2.75) is 36.7 Å². The number of thioether (sulfide) groups is 2. The molecule has 3 heteroatoms. The maximum absolute atomic E-state index is 5.61. The van der Waals surface area contributed by atoms with Crippen LogP contribution in [0, 0.1) is 0 Å². The van der Waals surface area contributed by atoms with Crippen LogP contribution < -0.4 is 0 Å². The average Bonchev–Trinajstić information content (AvgIpc) is 2.14. The quantitative estimate of drug-likeness (QED) is 0.512. The molecule has 0 aromatic carbocycles. The van der Waals surface area contributed by atoms with Crippen molar-refractivity contribution in [2.75, 3.05) is 17.4 Å². The van der Waals surface area contributed by atoms with Gasteiger partial charge in [-0.2, -0.15) is 0 Å². The van der Waals surface area contributed by atoms with Crippen molar-refractivity contribution in [3.8, 4) is 0 Å². The van der Waals surface area contributed by atoms with Gasteiger partial charge in [0, 0.05) is 5.88 Å². The minimum Gasteiger partial charge on any atom is -0.148 e. The molecular weight excluding hydrogens is 208 g/mol. The molecule has 1 rings (SSSR count). The Balaban J connectivity index is 1.91. The number of rotatable bonds is 5. The molecule has 0 aliphatic carbocycles. The fraction of sp³-hybridized carbons (Fsp3) is 1.00.